The van der Waals surface area contributed by atoms with Crippen molar-refractivity contribution in [2.45, 2.75) is 101 Å². The number of rotatable bonds is 14. The molecule has 0 fully saturated rings. The van der Waals surface area contributed by atoms with Crippen LogP contribution in [0.25, 0.3) is 0 Å². The molecule has 0 aliphatic rings. The standard InChI is InChI=1S/C16H34Ge/c1-3-5-7-9-11-13-15-17-16-14-12-10-8-6-4-2/h3-16H2,1-2H3. The van der Waals surface area contributed by atoms with E-state index in [1.165, 1.54) is 64.2 Å². The first-order chi connectivity index (χ1) is 8.41. The van der Waals surface area contributed by atoms with Gasteiger partial charge in [0.05, 0.1) is 0 Å². The van der Waals surface area contributed by atoms with Gasteiger partial charge in [-0.15, -0.1) is 0 Å². The minimum atomic E-state index is 0.448. The van der Waals surface area contributed by atoms with Crippen LogP contribution in [0.3, 0.4) is 0 Å². The second kappa shape index (κ2) is 16.5. The predicted molar refractivity (Wildman–Crippen MR) is 82.1 cm³/mol. The summed E-state index contributed by atoms with van der Waals surface area (Å²) in [4.78, 5) is 0. The van der Waals surface area contributed by atoms with E-state index in [0.717, 1.165) is 0 Å². The van der Waals surface area contributed by atoms with E-state index in [0.29, 0.717) is 15.4 Å². The maximum absolute atomic E-state index is 2.30. The van der Waals surface area contributed by atoms with E-state index in [-0.39, 0.29) is 0 Å². The predicted octanol–water partition coefficient (Wildman–Crippen LogP) is 6.25. The average molecular weight is 299 g/mol. The van der Waals surface area contributed by atoms with Crippen LogP contribution in [0, 0.1) is 0 Å². The van der Waals surface area contributed by atoms with Gasteiger partial charge in [0.1, 0.15) is 0 Å². The van der Waals surface area contributed by atoms with Gasteiger partial charge in [0.25, 0.3) is 0 Å². The fourth-order valence-corrected chi connectivity index (χ4v) is 4.81. The summed E-state index contributed by atoms with van der Waals surface area (Å²) in [5.41, 5.74) is 0. The van der Waals surface area contributed by atoms with Gasteiger partial charge in [-0.05, 0) is 0 Å². The number of hydrogen-bond acceptors (Lipinski definition) is 0. The van der Waals surface area contributed by atoms with Crippen molar-refractivity contribution < 1.29 is 0 Å². The molecule has 0 amide bonds. The SMILES string of the molecule is CCCCCCC[CH2][Ge][CH2]CCCCCCC. The summed E-state index contributed by atoms with van der Waals surface area (Å²) in [6.07, 6.45) is 17.7. The van der Waals surface area contributed by atoms with E-state index in [4.69, 9.17) is 0 Å². The molecule has 0 bridgehead atoms. The minimum absolute atomic E-state index is 0.448. The summed E-state index contributed by atoms with van der Waals surface area (Å²) in [6, 6.07) is 0. The fourth-order valence-electron chi connectivity index (χ4n) is 2.19. The van der Waals surface area contributed by atoms with Crippen molar-refractivity contribution in [3.8, 4) is 0 Å². The monoisotopic (exact) mass is 300 g/mol. The second-order valence-corrected chi connectivity index (χ2v) is 8.43. The van der Waals surface area contributed by atoms with Gasteiger partial charge in [0.15, 0.2) is 0 Å². The van der Waals surface area contributed by atoms with E-state index in [1.807, 2.05) is 0 Å². The molecule has 17 heavy (non-hydrogen) atoms. The zero-order valence-corrected chi connectivity index (χ0v) is 14.5. The third-order valence-corrected chi connectivity index (χ3v) is 6.38. The Labute approximate surface area is 117 Å². The van der Waals surface area contributed by atoms with Gasteiger partial charge in [-0.2, -0.15) is 0 Å². The van der Waals surface area contributed by atoms with Crippen LogP contribution in [0.2, 0.25) is 10.5 Å². The van der Waals surface area contributed by atoms with Crippen molar-refractivity contribution in [2.75, 3.05) is 0 Å². The molecule has 0 aromatic carbocycles. The molecular weight excluding hydrogens is 265 g/mol. The van der Waals surface area contributed by atoms with Crippen LogP contribution in [-0.2, 0) is 0 Å². The summed E-state index contributed by atoms with van der Waals surface area (Å²) in [5.74, 6) is 0. The first-order valence-electron chi connectivity index (χ1n) is 8.12. The molecule has 0 aliphatic carbocycles. The topological polar surface area (TPSA) is 0 Å². The summed E-state index contributed by atoms with van der Waals surface area (Å²) in [6.45, 7) is 4.60. The molecule has 0 rings (SSSR count). The molecule has 0 aromatic rings. The molecule has 0 aliphatic heterocycles. The molecule has 0 unspecified atom stereocenters. The van der Waals surface area contributed by atoms with Gasteiger partial charge in [-0.1, -0.05) is 0 Å². The number of unbranched alkanes of at least 4 members (excludes halogenated alkanes) is 10. The van der Waals surface area contributed by atoms with Gasteiger partial charge in [0, 0.05) is 0 Å². The Kier molecular flexibility index (Phi) is 17.1. The van der Waals surface area contributed by atoms with Crippen LogP contribution in [-0.4, -0.2) is 15.4 Å². The van der Waals surface area contributed by atoms with Gasteiger partial charge in [-0.3, -0.25) is 0 Å². The van der Waals surface area contributed by atoms with Gasteiger partial charge in [-0.25, -0.2) is 0 Å². The molecule has 2 radical (unpaired) electrons. The van der Waals surface area contributed by atoms with Crippen molar-refractivity contribution in [1.29, 1.82) is 0 Å². The molecule has 0 atom stereocenters. The average Bonchev–Trinajstić information content (AvgIpc) is 2.35. The zero-order valence-electron chi connectivity index (χ0n) is 12.4. The number of hydrogen-bond donors (Lipinski definition) is 0. The zero-order chi connectivity index (χ0) is 12.6. The maximum atomic E-state index is 2.30. The molecule has 102 valence electrons. The van der Waals surface area contributed by atoms with E-state index in [1.54, 1.807) is 23.3 Å². The Morgan fingerprint density at radius 2 is 0.824 bits per heavy atom. The molecule has 0 nitrogen and oxygen atoms in total. The third kappa shape index (κ3) is 16.5. The van der Waals surface area contributed by atoms with Gasteiger partial charge in [0.2, 0.25) is 0 Å². The summed E-state index contributed by atoms with van der Waals surface area (Å²) >= 11 is 0.448. The van der Waals surface area contributed by atoms with Crippen LogP contribution in [0.4, 0.5) is 0 Å². The molecule has 0 aromatic heterocycles. The Bertz CT molecular complexity index is 109. The second-order valence-electron chi connectivity index (χ2n) is 5.29. The van der Waals surface area contributed by atoms with Crippen molar-refractivity contribution in [3.63, 3.8) is 0 Å². The normalized spacial score (nSPS) is 10.9. The van der Waals surface area contributed by atoms with E-state index in [2.05, 4.69) is 13.8 Å². The van der Waals surface area contributed by atoms with Crippen LogP contribution in [0.1, 0.15) is 90.9 Å². The van der Waals surface area contributed by atoms with Crippen molar-refractivity contribution >= 4 is 15.4 Å². The molecule has 0 saturated heterocycles. The van der Waals surface area contributed by atoms with Crippen molar-refractivity contribution in [1.82, 2.24) is 0 Å². The summed E-state index contributed by atoms with van der Waals surface area (Å²) < 4.78 is 0. The van der Waals surface area contributed by atoms with E-state index in [9.17, 15) is 0 Å². The quantitative estimate of drug-likeness (QED) is 0.263. The van der Waals surface area contributed by atoms with Gasteiger partial charge >= 0.3 is 117 Å². The summed E-state index contributed by atoms with van der Waals surface area (Å²) in [7, 11) is 0. The molecule has 0 spiro atoms. The van der Waals surface area contributed by atoms with Gasteiger partial charge < -0.3 is 0 Å². The van der Waals surface area contributed by atoms with Crippen LogP contribution in [0.5, 0.6) is 0 Å². The Balaban J connectivity index is 2.85. The Morgan fingerprint density at radius 1 is 0.471 bits per heavy atom. The molecule has 0 heterocycles. The molecule has 0 N–H and O–H groups in total. The third-order valence-electron chi connectivity index (χ3n) is 3.41. The van der Waals surface area contributed by atoms with E-state index < -0.39 is 0 Å². The summed E-state index contributed by atoms with van der Waals surface area (Å²) in [5, 5.41) is 3.22. The molecule has 0 saturated carbocycles. The van der Waals surface area contributed by atoms with Crippen molar-refractivity contribution in [2.24, 2.45) is 0 Å². The fraction of sp³-hybridized carbons (Fsp3) is 1.00. The van der Waals surface area contributed by atoms with Crippen LogP contribution in [0.15, 0.2) is 0 Å². The molecular formula is C16H34Ge. The molecule has 1 heteroatoms. The van der Waals surface area contributed by atoms with E-state index >= 15 is 0 Å². The van der Waals surface area contributed by atoms with Crippen molar-refractivity contribution in [3.05, 3.63) is 0 Å². The Hall–Kier alpha value is 0.543. The first kappa shape index (κ1) is 17.5. The first-order valence-corrected chi connectivity index (χ1v) is 11.1. The van der Waals surface area contributed by atoms with Crippen LogP contribution < -0.4 is 0 Å². The Morgan fingerprint density at radius 3 is 1.24 bits per heavy atom. The van der Waals surface area contributed by atoms with Crippen LogP contribution >= 0.6 is 0 Å².